The first-order valence-corrected chi connectivity index (χ1v) is 6.31. The van der Waals surface area contributed by atoms with Crippen LogP contribution in [-0.2, 0) is 0 Å². The molecule has 0 aliphatic carbocycles. The molecule has 20 heavy (non-hydrogen) atoms. The third-order valence-electron chi connectivity index (χ3n) is 2.99. The monoisotopic (exact) mass is 288 g/mol. The summed E-state index contributed by atoms with van der Waals surface area (Å²) in [5.74, 6) is -0.337. The topological polar surface area (TPSA) is 52.0 Å². The molecule has 5 heteroatoms. The van der Waals surface area contributed by atoms with E-state index >= 15 is 0 Å². The van der Waals surface area contributed by atoms with Crippen molar-refractivity contribution < 1.29 is 8.91 Å². The summed E-state index contributed by atoms with van der Waals surface area (Å²) >= 11 is 6.00. The van der Waals surface area contributed by atoms with Crippen molar-refractivity contribution in [3.8, 4) is 22.4 Å². The quantitative estimate of drug-likeness (QED) is 0.761. The fraction of sp³-hybridized carbons (Fsp3) is 0. The summed E-state index contributed by atoms with van der Waals surface area (Å²) < 4.78 is 18.6. The Labute approximate surface area is 119 Å². The molecule has 0 amide bonds. The predicted octanol–water partition coefficient (Wildman–Crippen LogP) is 4.38. The van der Waals surface area contributed by atoms with Crippen LogP contribution in [0.4, 0.5) is 10.3 Å². The molecule has 3 aromatic rings. The van der Waals surface area contributed by atoms with Crippen molar-refractivity contribution in [1.29, 1.82) is 0 Å². The summed E-state index contributed by atoms with van der Waals surface area (Å²) in [7, 11) is 0. The summed E-state index contributed by atoms with van der Waals surface area (Å²) in [4.78, 5) is 0. The zero-order chi connectivity index (χ0) is 14.1. The molecule has 0 fully saturated rings. The number of anilines is 1. The Morgan fingerprint density at radius 3 is 2.55 bits per heavy atom. The lowest BCUT2D eigenvalue weighted by molar-refractivity contribution is 0.439. The van der Waals surface area contributed by atoms with Gasteiger partial charge in [-0.2, -0.15) is 0 Å². The standard InChI is InChI=1S/C15H10ClFN2O/c16-13-10(7-4-8-11(13)17)14-12(15(18)20-19-14)9-5-2-1-3-6-9/h1-8H,18H2. The number of hydrogen-bond donors (Lipinski definition) is 1. The van der Waals surface area contributed by atoms with Gasteiger partial charge in [0.1, 0.15) is 11.5 Å². The van der Waals surface area contributed by atoms with E-state index in [1.165, 1.54) is 6.07 Å². The molecule has 0 atom stereocenters. The molecule has 1 heterocycles. The maximum atomic E-state index is 13.6. The molecule has 0 unspecified atom stereocenters. The van der Waals surface area contributed by atoms with Crippen molar-refractivity contribution >= 4 is 17.5 Å². The Hall–Kier alpha value is -2.33. The molecule has 0 spiro atoms. The van der Waals surface area contributed by atoms with Crippen LogP contribution in [-0.4, -0.2) is 5.16 Å². The molecular formula is C15H10ClFN2O. The number of nitrogens with two attached hydrogens (primary N) is 1. The van der Waals surface area contributed by atoms with E-state index < -0.39 is 5.82 Å². The SMILES string of the molecule is Nc1onc(-c2cccc(F)c2Cl)c1-c1ccccc1. The van der Waals surface area contributed by atoms with Gasteiger partial charge in [0.05, 0.1) is 10.6 Å². The minimum Gasteiger partial charge on any atom is -0.367 e. The van der Waals surface area contributed by atoms with Crippen LogP contribution in [0.5, 0.6) is 0 Å². The lowest BCUT2D eigenvalue weighted by atomic mass is 10.0. The Kier molecular flexibility index (Phi) is 3.16. The molecular weight excluding hydrogens is 279 g/mol. The van der Waals surface area contributed by atoms with Crippen LogP contribution in [0.25, 0.3) is 22.4 Å². The van der Waals surface area contributed by atoms with Crippen molar-refractivity contribution in [2.45, 2.75) is 0 Å². The molecule has 100 valence electrons. The van der Waals surface area contributed by atoms with E-state index in [4.69, 9.17) is 21.9 Å². The van der Waals surface area contributed by atoms with Crippen LogP contribution in [0.15, 0.2) is 53.1 Å². The second-order valence-corrected chi connectivity index (χ2v) is 4.62. The fourth-order valence-electron chi connectivity index (χ4n) is 2.06. The number of hydrogen-bond acceptors (Lipinski definition) is 3. The molecule has 3 rings (SSSR count). The van der Waals surface area contributed by atoms with E-state index in [-0.39, 0.29) is 10.9 Å². The lowest BCUT2D eigenvalue weighted by Crippen LogP contribution is -1.89. The highest BCUT2D eigenvalue weighted by Gasteiger charge is 2.20. The number of nitrogen functional groups attached to an aromatic ring is 1. The number of benzene rings is 2. The zero-order valence-electron chi connectivity index (χ0n) is 10.3. The summed E-state index contributed by atoms with van der Waals surface area (Å²) in [5.41, 5.74) is 8.16. The van der Waals surface area contributed by atoms with Gasteiger partial charge in [0, 0.05) is 5.56 Å². The average molecular weight is 289 g/mol. The first-order valence-electron chi connectivity index (χ1n) is 5.93. The maximum Gasteiger partial charge on any atom is 0.230 e. The van der Waals surface area contributed by atoms with Crippen molar-refractivity contribution in [1.82, 2.24) is 5.16 Å². The van der Waals surface area contributed by atoms with E-state index in [9.17, 15) is 4.39 Å². The lowest BCUT2D eigenvalue weighted by Gasteiger charge is -2.05. The van der Waals surface area contributed by atoms with Gasteiger partial charge in [-0.1, -0.05) is 59.2 Å². The molecule has 3 nitrogen and oxygen atoms in total. The van der Waals surface area contributed by atoms with Crippen LogP contribution in [0.3, 0.4) is 0 Å². The molecule has 0 saturated carbocycles. The first-order chi connectivity index (χ1) is 9.68. The average Bonchev–Trinajstić information content (AvgIpc) is 2.84. The Balaban J connectivity index is 2.24. The molecule has 0 bridgehead atoms. The van der Waals surface area contributed by atoms with Gasteiger partial charge in [0.15, 0.2) is 0 Å². The maximum absolute atomic E-state index is 13.6. The van der Waals surface area contributed by atoms with Gasteiger partial charge in [0.25, 0.3) is 0 Å². The number of rotatable bonds is 2. The first kappa shape index (κ1) is 12.7. The van der Waals surface area contributed by atoms with Crippen LogP contribution >= 0.6 is 11.6 Å². The molecule has 0 radical (unpaired) electrons. The highest BCUT2D eigenvalue weighted by Crippen LogP contribution is 2.39. The summed E-state index contributed by atoms with van der Waals surface area (Å²) in [5, 5.41) is 3.91. The minimum absolute atomic E-state index is 0.00187. The Bertz CT molecular complexity index is 756. The van der Waals surface area contributed by atoms with Crippen molar-refractivity contribution in [3.63, 3.8) is 0 Å². The molecule has 0 saturated heterocycles. The third kappa shape index (κ3) is 2.04. The predicted molar refractivity (Wildman–Crippen MR) is 76.8 cm³/mol. The molecule has 2 N–H and O–H groups in total. The molecule has 2 aromatic carbocycles. The minimum atomic E-state index is -0.509. The van der Waals surface area contributed by atoms with Gasteiger partial charge in [-0.15, -0.1) is 0 Å². The van der Waals surface area contributed by atoms with E-state index in [1.807, 2.05) is 30.3 Å². The van der Waals surface area contributed by atoms with E-state index in [1.54, 1.807) is 12.1 Å². The van der Waals surface area contributed by atoms with Gasteiger partial charge in [-0.3, -0.25) is 0 Å². The summed E-state index contributed by atoms with van der Waals surface area (Å²) in [6, 6.07) is 13.9. The summed E-state index contributed by atoms with van der Waals surface area (Å²) in [6.07, 6.45) is 0. The second-order valence-electron chi connectivity index (χ2n) is 4.24. The van der Waals surface area contributed by atoms with Gasteiger partial charge in [0.2, 0.25) is 5.88 Å². The summed E-state index contributed by atoms with van der Waals surface area (Å²) in [6.45, 7) is 0. The zero-order valence-corrected chi connectivity index (χ0v) is 11.1. The van der Waals surface area contributed by atoms with Crippen molar-refractivity contribution in [2.75, 3.05) is 5.73 Å². The second kappa shape index (κ2) is 4.98. The van der Waals surface area contributed by atoms with E-state index in [0.717, 1.165) is 5.56 Å². The Morgan fingerprint density at radius 2 is 1.80 bits per heavy atom. The fourth-order valence-corrected chi connectivity index (χ4v) is 2.27. The highest BCUT2D eigenvalue weighted by atomic mass is 35.5. The van der Waals surface area contributed by atoms with Crippen molar-refractivity contribution in [2.24, 2.45) is 0 Å². The molecule has 1 aromatic heterocycles. The van der Waals surface area contributed by atoms with Crippen LogP contribution in [0.2, 0.25) is 5.02 Å². The van der Waals surface area contributed by atoms with Crippen LogP contribution in [0, 0.1) is 5.82 Å². The van der Waals surface area contributed by atoms with E-state index in [2.05, 4.69) is 5.16 Å². The van der Waals surface area contributed by atoms with Crippen LogP contribution < -0.4 is 5.73 Å². The Morgan fingerprint density at radius 1 is 1.05 bits per heavy atom. The number of aromatic nitrogens is 1. The number of halogens is 2. The highest BCUT2D eigenvalue weighted by molar-refractivity contribution is 6.33. The number of nitrogens with zero attached hydrogens (tertiary/aromatic N) is 1. The van der Waals surface area contributed by atoms with Gasteiger partial charge in [-0.05, 0) is 11.6 Å². The van der Waals surface area contributed by atoms with Gasteiger partial charge in [-0.25, -0.2) is 4.39 Å². The molecule has 0 aliphatic heterocycles. The van der Waals surface area contributed by atoms with Gasteiger partial charge >= 0.3 is 0 Å². The normalized spacial score (nSPS) is 10.7. The van der Waals surface area contributed by atoms with Crippen LogP contribution in [0.1, 0.15) is 0 Å². The largest absolute Gasteiger partial charge is 0.367 e. The van der Waals surface area contributed by atoms with Crippen molar-refractivity contribution in [3.05, 3.63) is 59.4 Å². The molecule has 0 aliphatic rings. The third-order valence-corrected chi connectivity index (χ3v) is 3.37. The van der Waals surface area contributed by atoms with E-state index in [0.29, 0.717) is 16.8 Å². The smallest absolute Gasteiger partial charge is 0.230 e. The van der Waals surface area contributed by atoms with Gasteiger partial charge < -0.3 is 10.3 Å².